The quantitative estimate of drug-likeness (QED) is 0.696. The fourth-order valence-corrected chi connectivity index (χ4v) is 2.00. The zero-order valence-electron chi connectivity index (χ0n) is 10.9. The van der Waals surface area contributed by atoms with Crippen molar-refractivity contribution in [2.45, 2.75) is 6.92 Å². The van der Waals surface area contributed by atoms with E-state index >= 15 is 0 Å². The molecule has 0 aromatic heterocycles. The predicted molar refractivity (Wildman–Crippen MR) is 76.7 cm³/mol. The van der Waals surface area contributed by atoms with Gasteiger partial charge >= 0.3 is 0 Å². The molecular formula is C14H10ClN2O4-. The molecule has 6 nitrogen and oxygen atoms in total. The van der Waals surface area contributed by atoms with Crippen LogP contribution in [0.2, 0.25) is 5.02 Å². The minimum Gasteiger partial charge on any atom is -0.867 e. The Hall–Kier alpha value is -2.60. The highest BCUT2D eigenvalue weighted by Crippen LogP contribution is 2.31. The lowest BCUT2D eigenvalue weighted by molar-refractivity contribution is -0.398. The molecule has 1 amide bonds. The number of rotatable bonds is 3. The molecule has 0 unspecified atom stereocenters. The molecule has 0 fully saturated rings. The normalized spacial score (nSPS) is 10.2. The van der Waals surface area contributed by atoms with Gasteiger partial charge in [-0.25, -0.2) is 0 Å². The van der Waals surface area contributed by atoms with Gasteiger partial charge in [-0.15, -0.1) is 0 Å². The second-order valence-electron chi connectivity index (χ2n) is 4.33. The summed E-state index contributed by atoms with van der Waals surface area (Å²) in [5, 5.41) is 25.2. The smallest absolute Gasteiger partial charge is 0.264 e. The van der Waals surface area contributed by atoms with Crippen LogP contribution in [0.1, 0.15) is 15.9 Å². The molecule has 1 N–H and O–H groups in total. The van der Waals surface area contributed by atoms with E-state index in [1.807, 2.05) is 0 Å². The molecule has 2 aromatic rings. The Morgan fingerprint density at radius 2 is 1.95 bits per heavy atom. The van der Waals surface area contributed by atoms with Crippen molar-refractivity contribution in [1.29, 1.82) is 0 Å². The standard InChI is InChI=1S/C14H11ClN2O4/c1-8-4-2-3-5-11(8)16-14(19)10-6-9(15)7-12(13(10)18)17(20)21/h2-7,18H,1H3,(H,16,19)/p-1. The third-order valence-electron chi connectivity index (χ3n) is 2.87. The number of amides is 1. The predicted octanol–water partition coefficient (Wildman–Crippen LogP) is 2.88. The summed E-state index contributed by atoms with van der Waals surface area (Å²) in [6.07, 6.45) is 0. The van der Waals surface area contributed by atoms with E-state index in [1.54, 1.807) is 31.2 Å². The van der Waals surface area contributed by atoms with Crippen LogP contribution in [0.4, 0.5) is 11.4 Å². The molecule has 0 heterocycles. The Balaban J connectivity index is 2.40. The number of nitro benzene ring substituents is 1. The molecule has 0 radical (unpaired) electrons. The first-order valence-electron chi connectivity index (χ1n) is 5.92. The van der Waals surface area contributed by atoms with Gasteiger partial charge in [-0.05, 0) is 30.4 Å². The SMILES string of the molecule is Cc1ccccc1NC(=O)c1cc(Cl)cc([N+](=O)[O-])c1[O-]. The second-order valence-corrected chi connectivity index (χ2v) is 4.76. The van der Waals surface area contributed by atoms with Gasteiger partial charge < -0.3 is 10.4 Å². The summed E-state index contributed by atoms with van der Waals surface area (Å²) >= 11 is 5.72. The fraction of sp³-hybridized carbons (Fsp3) is 0.0714. The van der Waals surface area contributed by atoms with Crippen LogP contribution in [-0.4, -0.2) is 10.8 Å². The first-order valence-corrected chi connectivity index (χ1v) is 6.30. The Bertz CT molecular complexity index is 731. The third kappa shape index (κ3) is 3.11. The lowest BCUT2D eigenvalue weighted by Gasteiger charge is -2.15. The number of benzene rings is 2. The van der Waals surface area contributed by atoms with E-state index < -0.39 is 22.3 Å². The molecular weight excluding hydrogens is 296 g/mol. The van der Waals surface area contributed by atoms with Crippen molar-refractivity contribution in [1.82, 2.24) is 0 Å². The van der Waals surface area contributed by atoms with Gasteiger partial charge in [0.05, 0.1) is 4.92 Å². The highest BCUT2D eigenvalue weighted by Gasteiger charge is 2.17. The minimum atomic E-state index is -0.963. The van der Waals surface area contributed by atoms with Gasteiger partial charge in [-0.3, -0.25) is 14.9 Å². The number of aryl methyl sites for hydroxylation is 1. The van der Waals surface area contributed by atoms with Crippen LogP contribution in [0.5, 0.6) is 5.75 Å². The molecule has 2 rings (SSSR count). The molecule has 0 saturated heterocycles. The van der Waals surface area contributed by atoms with Gasteiger partial charge in [0.25, 0.3) is 11.6 Å². The highest BCUT2D eigenvalue weighted by atomic mass is 35.5. The van der Waals surface area contributed by atoms with Crippen molar-refractivity contribution in [2.75, 3.05) is 5.32 Å². The molecule has 7 heteroatoms. The maximum Gasteiger partial charge on any atom is 0.264 e. The average molecular weight is 306 g/mol. The summed E-state index contributed by atoms with van der Waals surface area (Å²) in [6, 6.07) is 9.01. The summed E-state index contributed by atoms with van der Waals surface area (Å²) in [7, 11) is 0. The summed E-state index contributed by atoms with van der Waals surface area (Å²) in [5.74, 6) is -1.70. The number of para-hydroxylation sites is 1. The Morgan fingerprint density at radius 1 is 1.29 bits per heavy atom. The van der Waals surface area contributed by atoms with E-state index in [4.69, 9.17) is 11.6 Å². The number of anilines is 1. The molecule has 0 saturated carbocycles. The van der Waals surface area contributed by atoms with Gasteiger partial charge in [0.2, 0.25) is 0 Å². The van der Waals surface area contributed by atoms with Crippen molar-refractivity contribution >= 4 is 28.9 Å². The van der Waals surface area contributed by atoms with Crippen molar-refractivity contribution in [3.05, 3.63) is 62.7 Å². The Kier molecular flexibility index (Phi) is 4.09. The highest BCUT2D eigenvalue weighted by molar-refractivity contribution is 6.31. The fourth-order valence-electron chi connectivity index (χ4n) is 1.79. The van der Waals surface area contributed by atoms with Crippen LogP contribution in [0, 0.1) is 17.0 Å². The van der Waals surface area contributed by atoms with E-state index in [-0.39, 0.29) is 10.6 Å². The maximum atomic E-state index is 12.1. The summed E-state index contributed by atoms with van der Waals surface area (Å²) in [4.78, 5) is 22.0. The van der Waals surface area contributed by atoms with Gasteiger partial charge in [-0.2, -0.15) is 0 Å². The van der Waals surface area contributed by atoms with E-state index in [0.29, 0.717) is 5.69 Å². The van der Waals surface area contributed by atoms with E-state index in [0.717, 1.165) is 17.7 Å². The van der Waals surface area contributed by atoms with Crippen LogP contribution in [0.3, 0.4) is 0 Å². The molecule has 0 aliphatic carbocycles. The van der Waals surface area contributed by atoms with Crippen LogP contribution in [0.25, 0.3) is 0 Å². The first kappa shape index (κ1) is 14.8. The molecule has 108 valence electrons. The lowest BCUT2D eigenvalue weighted by Crippen LogP contribution is -2.16. The van der Waals surface area contributed by atoms with Crippen molar-refractivity contribution in [2.24, 2.45) is 0 Å². The van der Waals surface area contributed by atoms with E-state index in [1.165, 1.54) is 0 Å². The summed E-state index contributed by atoms with van der Waals surface area (Å²) in [6.45, 7) is 1.79. The van der Waals surface area contributed by atoms with Gasteiger partial charge in [0.15, 0.2) is 0 Å². The van der Waals surface area contributed by atoms with Crippen molar-refractivity contribution < 1.29 is 14.8 Å². The largest absolute Gasteiger partial charge is 0.867 e. The van der Waals surface area contributed by atoms with Crippen LogP contribution >= 0.6 is 11.6 Å². The average Bonchev–Trinajstić information content (AvgIpc) is 2.43. The lowest BCUT2D eigenvalue weighted by atomic mass is 10.1. The number of carbonyl (C=O) groups is 1. The van der Waals surface area contributed by atoms with Gasteiger partial charge in [0, 0.05) is 22.3 Å². The Labute approximate surface area is 125 Å². The number of nitro groups is 1. The molecule has 0 atom stereocenters. The molecule has 2 aromatic carbocycles. The first-order chi connectivity index (χ1) is 9.90. The van der Waals surface area contributed by atoms with Crippen molar-refractivity contribution in [3.8, 4) is 5.75 Å². The van der Waals surface area contributed by atoms with E-state index in [9.17, 15) is 20.0 Å². The third-order valence-corrected chi connectivity index (χ3v) is 3.09. The molecule has 0 aliphatic heterocycles. The molecule has 0 bridgehead atoms. The van der Waals surface area contributed by atoms with Crippen LogP contribution in [0.15, 0.2) is 36.4 Å². The number of nitrogens with zero attached hydrogens (tertiary/aromatic N) is 1. The molecule has 0 aliphatic rings. The van der Waals surface area contributed by atoms with Crippen molar-refractivity contribution in [3.63, 3.8) is 0 Å². The zero-order chi connectivity index (χ0) is 15.6. The number of carbonyl (C=O) groups excluding carboxylic acids is 1. The number of hydrogen-bond donors (Lipinski definition) is 1. The minimum absolute atomic E-state index is 0.0452. The zero-order valence-corrected chi connectivity index (χ0v) is 11.7. The topological polar surface area (TPSA) is 95.3 Å². The maximum absolute atomic E-state index is 12.1. The second kappa shape index (κ2) is 5.80. The van der Waals surface area contributed by atoms with Gasteiger partial charge in [-0.1, -0.05) is 29.8 Å². The number of halogens is 1. The van der Waals surface area contributed by atoms with Crippen LogP contribution in [-0.2, 0) is 0 Å². The summed E-state index contributed by atoms with van der Waals surface area (Å²) in [5.41, 5.74) is 0.231. The summed E-state index contributed by atoms with van der Waals surface area (Å²) < 4.78 is 0. The Morgan fingerprint density at radius 3 is 2.57 bits per heavy atom. The number of hydrogen-bond acceptors (Lipinski definition) is 4. The molecule has 21 heavy (non-hydrogen) atoms. The number of nitrogens with one attached hydrogen (secondary N) is 1. The van der Waals surface area contributed by atoms with E-state index in [2.05, 4.69) is 5.32 Å². The van der Waals surface area contributed by atoms with Crippen LogP contribution < -0.4 is 10.4 Å². The molecule has 0 spiro atoms. The monoisotopic (exact) mass is 305 g/mol. The van der Waals surface area contributed by atoms with Gasteiger partial charge in [0.1, 0.15) is 0 Å².